The van der Waals surface area contributed by atoms with Crippen molar-refractivity contribution >= 4 is 35.3 Å². The second-order valence-corrected chi connectivity index (χ2v) is 8.28. The van der Waals surface area contributed by atoms with Crippen LogP contribution in [0.3, 0.4) is 0 Å². The number of aliphatic imine (C=N–C) groups is 3. The summed E-state index contributed by atoms with van der Waals surface area (Å²) in [6.07, 6.45) is 4.78. The van der Waals surface area contributed by atoms with E-state index < -0.39 is 0 Å². The third kappa shape index (κ3) is 6.20. The first kappa shape index (κ1) is 24.3. The second kappa shape index (κ2) is 12.1. The standard InChI is InChI=1S/C27H24N6O3/c34-16-28-13-22-4-1-7-25(10-22)31-19-32(26-8-2-5-23(11-26)14-29-17-35)21-33(20-31)27-9-3-6-24(12-27)15-30-18-36/h1-12H,13-15,19-21H2. The van der Waals surface area contributed by atoms with Crippen molar-refractivity contribution in [3.63, 3.8) is 0 Å². The number of isocyanates is 3. The number of hydrogen-bond donors (Lipinski definition) is 0. The van der Waals surface area contributed by atoms with Crippen molar-refractivity contribution in [3.05, 3.63) is 89.5 Å². The van der Waals surface area contributed by atoms with Gasteiger partial charge in [0.15, 0.2) is 0 Å². The summed E-state index contributed by atoms with van der Waals surface area (Å²) in [7, 11) is 0. The minimum atomic E-state index is 0.275. The highest BCUT2D eigenvalue weighted by molar-refractivity contribution is 5.60. The van der Waals surface area contributed by atoms with Crippen LogP contribution >= 0.6 is 0 Å². The highest BCUT2D eigenvalue weighted by Gasteiger charge is 2.25. The summed E-state index contributed by atoms with van der Waals surface area (Å²) in [5, 5.41) is 0. The molecule has 0 amide bonds. The molecule has 0 unspecified atom stereocenters. The predicted molar refractivity (Wildman–Crippen MR) is 137 cm³/mol. The molecule has 0 aliphatic carbocycles. The molecule has 0 aromatic heterocycles. The fourth-order valence-electron chi connectivity index (χ4n) is 4.17. The van der Waals surface area contributed by atoms with Gasteiger partial charge in [0.1, 0.15) is 0 Å². The lowest BCUT2D eigenvalue weighted by Gasteiger charge is -2.45. The second-order valence-electron chi connectivity index (χ2n) is 8.28. The zero-order valence-corrected chi connectivity index (χ0v) is 19.6. The summed E-state index contributed by atoms with van der Waals surface area (Å²) >= 11 is 0. The topological polar surface area (TPSA) is 98.0 Å². The van der Waals surface area contributed by atoms with Crippen molar-refractivity contribution in [3.8, 4) is 0 Å². The van der Waals surface area contributed by atoms with Crippen molar-refractivity contribution in [2.24, 2.45) is 15.0 Å². The van der Waals surface area contributed by atoms with Crippen LogP contribution in [0, 0.1) is 0 Å². The van der Waals surface area contributed by atoms with Gasteiger partial charge in [-0.15, -0.1) is 0 Å². The Morgan fingerprint density at radius 1 is 0.528 bits per heavy atom. The molecular formula is C27H24N6O3. The largest absolute Gasteiger partial charge is 0.336 e. The Morgan fingerprint density at radius 3 is 1.11 bits per heavy atom. The molecule has 9 heteroatoms. The zero-order chi connectivity index (χ0) is 25.2. The molecule has 0 saturated carbocycles. The van der Waals surface area contributed by atoms with E-state index >= 15 is 0 Å². The quantitative estimate of drug-likeness (QED) is 0.340. The molecule has 36 heavy (non-hydrogen) atoms. The lowest BCUT2D eigenvalue weighted by Crippen LogP contribution is -2.55. The summed E-state index contributed by atoms with van der Waals surface area (Å²) < 4.78 is 0. The third-order valence-electron chi connectivity index (χ3n) is 5.83. The van der Waals surface area contributed by atoms with Gasteiger partial charge >= 0.3 is 0 Å². The molecule has 180 valence electrons. The normalized spacial score (nSPS) is 12.8. The van der Waals surface area contributed by atoms with Crippen molar-refractivity contribution in [1.29, 1.82) is 0 Å². The zero-order valence-electron chi connectivity index (χ0n) is 19.6. The fraction of sp³-hybridized carbons (Fsp3) is 0.222. The van der Waals surface area contributed by atoms with Gasteiger partial charge in [-0.25, -0.2) is 29.4 Å². The molecule has 9 nitrogen and oxygen atoms in total. The molecule has 0 bridgehead atoms. The van der Waals surface area contributed by atoms with E-state index in [1.165, 1.54) is 0 Å². The molecule has 1 fully saturated rings. The molecule has 1 aliphatic rings. The van der Waals surface area contributed by atoms with Gasteiger partial charge in [-0.2, -0.15) is 0 Å². The van der Waals surface area contributed by atoms with E-state index in [4.69, 9.17) is 0 Å². The smallest absolute Gasteiger partial charge is 0.235 e. The summed E-state index contributed by atoms with van der Waals surface area (Å²) in [5.74, 6) is 0. The molecule has 0 atom stereocenters. The summed E-state index contributed by atoms with van der Waals surface area (Å²) in [4.78, 5) is 49.5. The molecule has 0 radical (unpaired) electrons. The van der Waals surface area contributed by atoms with Crippen molar-refractivity contribution in [2.75, 3.05) is 34.7 Å². The average Bonchev–Trinajstić information content (AvgIpc) is 2.94. The van der Waals surface area contributed by atoms with Crippen LogP contribution in [0.1, 0.15) is 16.7 Å². The number of benzene rings is 3. The van der Waals surface area contributed by atoms with Gasteiger partial charge in [0.25, 0.3) is 0 Å². The van der Waals surface area contributed by atoms with E-state index in [-0.39, 0.29) is 19.6 Å². The van der Waals surface area contributed by atoms with Gasteiger partial charge < -0.3 is 14.7 Å². The van der Waals surface area contributed by atoms with Crippen LogP contribution in [-0.4, -0.2) is 38.2 Å². The van der Waals surface area contributed by atoms with Crippen LogP contribution in [0.5, 0.6) is 0 Å². The van der Waals surface area contributed by atoms with E-state index in [1.54, 1.807) is 18.2 Å². The van der Waals surface area contributed by atoms with Gasteiger partial charge in [0, 0.05) is 17.1 Å². The van der Waals surface area contributed by atoms with E-state index in [2.05, 4.69) is 29.7 Å². The van der Waals surface area contributed by atoms with Crippen molar-refractivity contribution in [1.82, 2.24) is 0 Å². The lowest BCUT2D eigenvalue weighted by molar-refractivity contribution is 0.562. The molecule has 3 aromatic rings. The van der Waals surface area contributed by atoms with Crippen LogP contribution in [0.2, 0.25) is 0 Å². The van der Waals surface area contributed by atoms with Crippen LogP contribution in [-0.2, 0) is 34.0 Å². The first-order chi connectivity index (χ1) is 17.7. The molecule has 1 saturated heterocycles. The van der Waals surface area contributed by atoms with E-state index in [9.17, 15) is 14.4 Å². The number of anilines is 3. The number of carbonyl (C=O) groups excluding carboxylic acids is 3. The summed E-state index contributed by atoms with van der Waals surface area (Å²) in [6.45, 7) is 2.68. The molecule has 4 rings (SSSR count). The Hall–Kier alpha value is -4.80. The monoisotopic (exact) mass is 480 g/mol. The van der Waals surface area contributed by atoms with E-state index in [1.807, 2.05) is 72.8 Å². The number of rotatable bonds is 9. The highest BCUT2D eigenvalue weighted by Crippen LogP contribution is 2.28. The van der Waals surface area contributed by atoms with Crippen LogP contribution < -0.4 is 14.7 Å². The molecule has 1 aliphatic heterocycles. The predicted octanol–water partition coefficient (Wildman–Crippen LogP) is 3.90. The third-order valence-corrected chi connectivity index (χ3v) is 5.83. The molecule has 0 spiro atoms. The van der Waals surface area contributed by atoms with Crippen molar-refractivity contribution < 1.29 is 14.4 Å². The Morgan fingerprint density at radius 2 is 0.833 bits per heavy atom. The van der Waals surface area contributed by atoms with Gasteiger partial charge in [0.2, 0.25) is 18.2 Å². The summed E-state index contributed by atoms with van der Waals surface area (Å²) in [5.41, 5.74) is 5.73. The van der Waals surface area contributed by atoms with E-state index in [0.29, 0.717) is 20.0 Å². The van der Waals surface area contributed by atoms with Crippen LogP contribution in [0.25, 0.3) is 0 Å². The maximum atomic E-state index is 10.6. The minimum absolute atomic E-state index is 0.275. The maximum Gasteiger partial charge on any atom is 0.235 e. The number of hydrogen-bond acceptors (Lipinski definition) is 9. The highest BCUT2D eigenvalue weighted by atomic mass is 16.1. The Kier molecular flexibility index (Phi) is 8.15. The lowest BCUT2D eigenvalue weighted by atomic mass is 10.1. The molecular weight excluding hydrogens is 456 g/mol. The average molecular weight is 481 g/mol. The van der Waals surface area contributed by atoms with Crippen LogP contribution in [0.15, 0.2) is 87.8 Å². The van der Waals surface area contributed by atoms with Gasteiger partial charge in [-0.3, -0.25) is 0 Å². The SMILES string of the molecule is O=C=NCc1cccc(N2CN(c3cccc(CN=C=O)c3)CN(c3cccc(CN=C=O)c3)C2)c1. The van der Waals surface area contributed by atoms with Gasteiger partial charge in [0.05, 0.1) is 39.6 Å². The van der Waals surface area contributed by atoms with Gasteiger partial charge in [-0.1, -0.05) is 36.4 Å². The Labute approximate surface area is 208 Å². The number of nitrogens with zero attached hydrogens (tertiary/aromatic N) is 6. The minimum Gasteiger partial charge on any atom is -0.336 e. The molecule has 1 heterocycles. The van der Waals surface area contributed by atoms with Crippen molar-refractivity contribution in [2.45, 2.75) is 19.6 Å². The van der Waals surface area contributed by atoms with Crippen LogP contribution in [0.4, 0.5) is 17.1 Å². The molecule has 0 N–H and O–H groups in total. The first-order valence-electron chi connectivity index (χ1n) is 11.3. The molecule has 3 aromatic carbocycles. The first-order valence-corrected chi connectivity index (χ1v) is 11.3. The Balaban J connectivity index is 1.68. The van der Waals surface area contributed by atoms with Gasteiger partial charge in [-0.05, 0) is 53.1 Å². The Bertz CT molecular complexity index is 1190. The van der Waals surface area contributed by atoms with E-state index in [0.717, 1.165) is 33.8 Å². The maximum absolute atomic E-state index is 10.6. The summed E-state index contributed by atoms with van der Waals surface area (Å²) in [6, 6.07) is 23.8. The fourth-order valence-corrected chi connectivity index (χ4v) is 4.17.